The van der Waals surface area contributed by atoms with Crippen molar-refractivity contribution in [2.75, 3.05) is 13.7 Å². The number of hydrogen-bond acceptors (Lipinski definition) is 3. The second-order valence-electron chi connectivity index (χ2n) is 7.47. The number of amides is 1. The van der Waals surface area contributed by atoms with E-state index in [0.717, 1.165) is 17.7 Å². The Morgan fingerprint density at radius 3 is 2.58 bits per heavy atom. The average molecular weight is 416 g/mol. The molecule has 2 aromatic heterocycles. The van der Waals surface area contributed by atoms with Gasteiger partial charge in [-0.15, -0.1) is 0 Å². The van der Waals surface area contributed by atoms with Crippen molar-refractivity contribution >= 4 is 5.91 Å². The summed E-state index contributed by atoms with van der Waals surface area (Å²) in [5, 5.41) is 4.47. The quantitative estimate of drug-likeness (QED) is 0.505. The summed E-state index contributed by atoms with van der Waals surface area (Å²) in [6, 6.07) is 15.8. The molecule has 4 aromatic rings. The zero-order valence-electron chi connectivity index (χ0n) is 17.0. The fraction of sp³-hybridized carbons (Fsp3) is 0.167. The molecule has 0 aliphatic carbocycles. The van der Waals surface area contributed by atoms with Gasteiger partial charge in [-0.1, -0.05) is 6.07 Å². The standard InChI is InChI=1S/C24H21FN4O2/c1-31-21-9-4-17-10-13-28(16-18(17)14-21)24(30)22-15-26-29(20-7-5-19(25)6-8-20)23(22)27-11-2-3-12-27/h2-9,11-12,14-15H,10,13,16H2,1H3. The van der Waals surface area contributed by atoms with Gasteiger partial charge in [-0.05, 0) is 66.1 Å². The van der Waals surface area contributed by atoms with E-state index in [9.17, 15) is 9.18 Å². The Bertz CT molecular complexity index is 1230. The van der Waals surface area contributed by atoms with E-state index in [-0.39, 0.29) is 11.7 Å². The first kappa shape index (κ1) is 19.1. The molecule has 2 aromatic carbocycles. The predicted octanol–water partition coefficient (Wildman–Crippen LogP) is 4.01. The zero-order chi connectivity index (χ0) is 21.4. The number of fused-ring (bicyclic) bond motifs is 1. The average Bonchev–Trinajstić information content (AvgIpc) is 3.48. The van der Waals surface area contributed by atoms with Gasteiger partial charge in [-0.2, -0.15) is 5.10 Å². The summed E-state index contributed by atoms with van der Waals surface area (Å²) in [6.45, 7) is 1.14. The number of carbonyl (C=O) groups excluding carboxylic acids is 1. The number of halogens is 1. The molecule has 31 heavy (non-hydrogen) atoms. The van der Waals surface area contributed by atoms with Crippen molar-refractivity contribution in [1.82, 2.24) is 19.2 Å². The van der Waals surface area contributed by atoms with Gasteiger partial charge in [0.1, 0.15) is 17.1 Å². The SMILES string of the molecule is COc1ccc2c(c1)CN(C(=O)c1cnn(-c3ccc(F)cc3)c1-n1cccc1)CC2. The van der Waals surface area contributed by atoms with E-state index in [0.29, 0.717) is 30.2 Å². The second-order valence-corrected chi connectivity index (χ2v) is 7.47. The molecule has 1 amide bonds. The van der Waals surface area contributed by atoms with Crippen LogP contribution in [0.1, 0.15) is 21.5 Å². The van der Waals surface area contributed by atoms with Gasteiger partial charge >= 0.3 is 0 Å². The molecule has 6 nitrogen and oxygen atoms in total. The molecule has 0 bridgehead atoms. The summed E-state index contributed by atoms with van der Waals surface area (Å²) < 4.78 is 22.3. The van der Waals surface area contributed by atoms with Gasteiger partial charge in [-0.3, -0.25) is 4.79 Å². The number of ether oxygens (including phenoxy) is 1. The lowest BCUT2D eigenvalue weighted by molar-refractivity contribution is 0.0734. The maximum Gasteiger partial charge on any atom is 0.259 e. The predicted molar refractivity (Wildman–Crippen MR) is 114 cm³/mol. The molecule has 0 unspecified atom stereocenters. The highest BCUT2D eigenvalue weighted by Crippen LogP contribution is 2.27. The molecular weight excluding hydrogens is 395 g/mol. The lowest BCUT2D eigenvalue weighted by Gasteiger charge is -2.29. The Morgan fingerprint density at radius 1 is 1.06 bits per heavy atom. The molecular formula is C24H21FN4O2. The van der Waals surface area contributed by atoms with Crippen LogP contribution in [0.15, 0.2) is 73.2 Å². The number of hydrogen-bond donors (Lipinski definition) is 0. The van der Waals surface area contributed by atoms with E-state index >= 15 is 0 Å². The van der Waals surface area contributed by atoms with Gasteiger partial charge in [0.05, 0.1) is 19.0 Å². The van der Waals surface area contributed by atoms with Crippen molar-refractivity contribution in [2.24, 2.45) is 0 Å². The van der Waals surface area contributed by atoms with Gasteiger partial charge in [0.2, 0.25) is 0 Å². The van der Waals surface area contributed by atoms with Crippen molar-refractivity contribution < 1.29 is 13.9 Å². The lowest BCUT2D eigenvalue weighted by atomic mass is 9.99. The van der Waals surface area contributed by atoms with Crippen LogP contribution in [0, 0.1) is 5.82 Å². The monoisotopic (exact) mass is 416 g/mol. The van der Waals surface area contributed by atoms with E-state index in [4.69, 9.17) is 4.74 Å². The molecule has 0 N–H and O–H groups in total. The smallest absolute Gasteiger partial charge is 0.259 e. The van der Waals surface area contributed by atoms with Crippen LogP contribution in [0.25, 0.3) is 11.5 Å². The summed E-state index contributed by atoms with van der Waals surface area (Å²) in [5.41, 5.74) is 3.50. The van der Waals surface area contributed by atoms with Crippen LogP contribution in [0.3, 0.4) is 0 Å². The first-order valence-corrected chi connectivity index (χ1v) is 10.1. The number of methoxy groups -OCH3 is 1. The Labute approximate surface area is 179 Å². The molecule has 0 fully saturated rings. The number of benzene rings is 2. The van der Waals surface area contributed by atoms with Crippen LogP contribution in [0.2, 0.25) is 0 Å². The minimum absolute atomic E-state index is 0.0921. The fourth-order valence-corrected chi connectivity index (χ4v) is 3.99. The maximum atomic E-state index is 13.5. The topological polar surface area (TPSA) is 52.3 Å². The Balaban J connectivity index is 1.53. The summed E-state index contributed by atoms with van der Waals surface area (Å²) in [4.78, 5) is 15.4. The molecule has 156 valence electrons. The molecule has 0 saturated carbocycles. The highest BCUT2D eigenvalue weighted by Gasteiger charge is 2.27. The second kappa shape index (κ2) is 7.75. The van der Waals surface area contributed by atoms with Crippen LogP contribution in [-0.2, 0) is 13.0 Å². The minimum atomic E-state index is -0.322. The molecule has 1 aliphatic rings. The highest BCUT2D eigenvalue weighted by atomic mass is 19.1. The van der Waals surface area contributed by atoms with Crippen molar-refractivity contribution in [3.63, 3.8) is 0 Å². The Morgan fingerprint density at radius 2 is 1.84 bits per heavy atom. The van der Waals surface area contributed by atoms with Crippen LogP contribution < -0.4 is 4.74 Å². The number of rotatable bonds is 4. The highest BCUT2D eigenvalue weighted by molar-refractivity contribution is 5.97. The normalized spacial score (nSPS) is 13.2. The van der Waals surface area contributed by atoms with Gasteiger partial charge in [-0.25, -0.2) is 9.07 Å². The number of nitrogens with zero attached hydrogens (tertiary/aromatic N) is 4. The van der Waals surface area contributed by atoms with E-state index in [1.807, 2.05) is 46.1 Å². The molecule has 0 radical (unpaired) electrons. The Hall–Kier alpha value is -3.87. The van der Waals surface area contributed by atoms with E-state index < -0.39 is 0 Å². The molecule has 7 heteroatoms. The fourth-order valence-electron chi connectivity index (χ4n) is 3.99. The molecule has 1 aliphatic heterocycles. The first-order valence-electron chi connectivity index (χ1n) is 10.1. The van der Waals surface area contributed by atoms with Crippen molar-refractivity contribution in [3.8, 4) is 17.3 Å². The minimum Gasteiger partial charge on any atom is -0.497 e. The summed E-state index contributed by atoms with van der Waals surface area (Å²) in [5.74, 6) is 0.992. The maximum absolute atomic E-state index is 13.5. The molecule has 0 atom stereocenters. The van der Waals surface area contributed by atoms with Crippen LogP contribution in [-0.4, -0.2) is 38.8 Å². The van der Waals surface area contributed by atoms with Crippen molar-refractivity contribution in [1.29, 1.82) is 0 Å². The number of carbonyl (C=O) groups is 1. The van der Waals surface area contributed by atoms with Gasteiger partial charge in [0.25, 0.3) is 5.91 Å². The Kier molecular flexibility index (Phi) is 4.78. The molecule has 0 saturated heterocycles. The van der Waals surface area contributed by atoms with Gasteiger partial charge in [0.15, 0.2) is 5.82 Å². The summed E-state index contributed by atoms with van der Waals surface area (Å²) >= 11 is 0. The number of aromatic nitrogens is 3. The molecule has 5 rings (SSSR count). The van der Waals surface area contributed by atoms with Crippen LogP contribution >= 0.6 is 0 Å². The summed E-state index contributed by atoms with van der Waals surface area (Å²) in [6.07, 6.45) is 6.10. The van der Waals surface area contributed by atoms with Crippen molar-refractivity contribution in [3.05, 3.63) is 95.7 Å². The van der Waals surface area contributed by atoms with Gasteiger partial charge < -0.3 is 14.2 Å². The first-order chi connectivity index (χ1) is 15.1. The summed E-state index contributed by atoms with van der Waals surface area (Å²) in [7, 11) is 1.64. The third kappa shape index (κ3) is 3.48. The van der Waals surface area contributed by atoms with E-state index in [1.165, 1.54) is 17.7 Å². The third-order valence-electron chi connectivity index (χ3n) is 5.61. The molecule has 0 spiro atoms. The van der Waals surface area contributed by atoms with Crippen LogP contribution in [0.4, 0.5) is 4.39 Å². The van der Waals surface area contributed by atoms with Crippen LogP contribution in [0.5, 0.6) is 5.75 Å². The van der Waals surface area contributed by atoms with E-state index in [2.05, 4.69) is 11.2 Å². The molecule has 3 heterocycles. The third-order valence-corrected chi connectivity index (χ3v) is 5.61. The lowest BCUT2D eigenvalue weighted by Crippen LogP contribution is -2.36. The largest absolute Gasteiger partial charge is 0.497 e. The van der Waals surface area contributed by atoms with Gasteiger partial charge in [0, 0.05) is 25.5 Å². The van der Waals surface area contributed by atoms with E-state index in [1.54, 1.807) is 30.1 Å². The van der Waals surface area contributed by atoms with Crippen molar-refractivity contribution in [2.45, 2.75) is 13.0 Å². The zero-order valence-corrected chi connectivity index (χ0v) is 17.0.